The van der Waals surface area contributed by atoms with E-state index in [0.717, 1.165) is 25.7 Å². The monoisotopic (exact) mass is 356 g/mol. The highest BCUT2D eigenvalue weighted by Crippen LogP contribution is 2.12. The first-order chi connectivity index (χ1) is 11.7. The average molecular weight is 356 g/mol. The van der Waals surface area contributed by atoms with Gasteiger partial charge in [-0.3, -0.25) is 15.0 Å². The van der Waals surface area contributed by atoms with Gasteiger partial charge >= 0.3 is 12.1 Å². The Labute approximate surface area is 150 Å². The van der Waals surface area contributed by atoms with Crippen LogP contribution in [0, 0.1) is 0 Å². The molecule has 0 atom stereocenters. The Bertz CT molecular complexity index is 454. The number of urea groups is 1. The molecule has 0 radical (unpaired) electrons. The molecule has 8 heteroatoms. The van der Waals surface area contributed by atoms with Crippen LogP contribution in [-0.4, -0.2) is 60.8 Å². The minimum absolute atomic E-state index is 0.0477. The number of carbonyl (C=O) groups is 3. The molecule has 1 aliphatic heterocycles. The van der Waals surface area contributed by atoms with Gasteiger partial charge in [-0.25, -0.2) is 9.59 Å². The van der Waals surface area contributed by atoms with Gasteiger partial charge in [-0.2, -0.15) is 0 Å². The predicted molar refractivity (Wildman–Crippen MR) is 95.3 cm³/mol. The number of nitrogens with one attached hydrogen (secondary N) is 3. The second-order valence-corrected chi connectivity index (χ2v) is 7.35. The van der Waals surface area contributed by atoms with Crippen LogP contribution < -0.4 is 16.0 Å². The normalized spacial score (nSPS) is 16.2. The number of hydrogen-bond donors (Lipinski definition) is 3. The number of piperidine rings is 1. The summed E-state index contributed by atoms with van der Waals surface area (Å²) >= 11 is 0. The molecule has 1 rings (SSSR count). The Balaban J connectivity index is 2.22. The molecule has 1 fully saturated rings. The minimum Gasteiger partial charge on any atom is -0.444 e. The van der Waals surface area contributed by atoms with E-state index in [0.29, 0.717) is 19.6 Å². The maximum Gasteiger partial charge on any atom is 0.407 e. The molecular formula is C17H32N4O4. The van der Waals surface area contributed by atoms with Crippen molar-refractivity contribution in [2.45, 2.75) is 65.0 Å². The molecule has 0 bridgehead atoms. The van der Waals surface area contributed by atoms with Crippen LogP contribution in [-0.2, 0) is 9.53 Å². The van der Waals surface area contributed by atoms with Crippen LogP contribution in [0.4, 0.5) is 9.59 Å². The Kier molecular flexibility index (Phi) is 8.68. The van der Waals surface area contributed by atoms with E-state index in [1.807, 2.05) is 32.6 Å². The van der Waals surface area contributed by atoms with Crippen molar-refractivity contribution in [2.24, 2.45) is 0 Å². The summed E-state index contributed by atoms with van der Waals surface area (Å²) in [6.07, 6.45) is 2.96. The van der Waals surface area contributed by atoms with Crippen molar-refractivity contribution in [1.29, 1.82) is 0 Å². The van der Waals surface area contributed by atoms with E-state index >= 15 is 0 Å². The third-order valence-electron chi connectivity index (χ3n) is 3.74. The molecular weight excluding hydrogens is 324 g/mol. The van der Waals surface area contributed by atoms with Gasteiger partial charge in [-0.15, -0.1) is 0 Å². The second-order valence-electron chi connectivity index (χ2n) is 7.35. The summed E-state index contributed by atoms with van der Waals surface area (Å²) in [4.78, 5) is 37.1. The van der Waals surface area contributed by atoms with E-state index in [9.17, 15) is 14.4 Å². The fourth-order valence-electron chi connectivity index (χ4n) is 2.50. The van der Waals surface area contributed by atoms with Gasteiger partial charge < -0.3 is 15.4 Å². The van der Waals surface area contributed by atoms with Gasteiger partial charge in [0.25, 0.3) is 0 Å². The number of amides is 4. The topological polar surface area (TPSA) is 99.8 Å². The van der Waals surface area contributed by atoms with Crippen molar-refractivity contribution in [3.05, 3.63) is 0 Å². The Morgan fingerprint density at radius 1 is 1.16 bits per heavy atom. The van der Waals surface area contributed by atoms with Crippen LogP contribution in [0.2, 0.25) is 0 Å². The molecule has 0 unspecified atom stereocenters. The number of likely N-dealkylation sites (tertiary alicyclic amines) is 1. The zero-order valence-electron chi connectivity index (χ0n) is 15.8. The summed E-state index contributed by atoms with van der Waals surface area (Å²) in [6, 6.07) is -0.397. The summed E-state index contributed by atoms with van der Waals surface area (Å²) in [7, 11) is 0. The fraction of sp³-hybridized carbons (Fsp3) is 0.824. The molecule has 144 valence electrons. The Morgan fingerprint density at radius 3 is 2.36 bits per heavy atom. The standard InChI is InChI=1S/C17H32N4O4/c1-5-6-9-18-15(23)20-14(22)12-21-10-7-13(8-11-21)19-16(24)25-17(2,3)4/h13H,5-12H2,1-4H3,(H,19,24)(H2,18,20,22,23). The SMILES string of the molecule is CCCCNC(=O)NC(=O)CN1CCC(NC(=O)OC(C)(C)C)CC1. The molecule has 1 aliphatic rings. The van der Waals surface area contributed by atoms with Crippen LogP contribution in [0.25, 0.3) is 0 Å². The van der Waals surface area contributed by atoms with Crippen LogP contribution in [0.15, 0.2) is 0 Å². The maximum absolute atomic E-state index is 11.9. The van der Waals surface area contributed by atoms with Crippen molar-refractivity contribution >= 4 is 18.0 Å². The predicted octanol–water partition coefficient (Wildman–Crippen LogP) is 1.60. The van der Waals surface area contributed by atoms with E-state index in [2.05, 4.69) is 16.0 Å². The number of imide groups is 1. The van der Waals surface area contributed by atoms with E-state index in [-0.39, 0.29) is 18.5 Å². The lowest BCUT2D eigenvalue weighted by molar-refractivity contribution is -0.121. The summed E-state index contributed by atoms with van der Waals surface area (Å²) < 4.78 is 5.24. The van der Waals surface area contributed by atoms with Gasteiger partial charge in [0.05, 0.1) is 6.54 Å². The first-order valence-electron chi connectivity index (χ1n) is 8.99. The highest BCUT2D eigenvalue weighted by atomic mass is 16.6. The van der Waals surface area contributed by atoms with Crippen LogP contribution in [0.5, 0.6) is 0 Å². The number of alkyl carbamates (subject to hydrolysis) is 1. The highest BCUT2D eigenvalue weighted by Gasteiger charge is 2.24. The number of rotatable bonds is 6. The van der Waals surface area contributed by atoms with E-state index in [1.165, 1.54) is 0 Å². The lowest BCUT2D eigenvalue weighted by Gasteiger charge is -2.32. The molecule has 0 aliphatic carbocycles. The first-order valence-corrected chi connectivity index (χ1v) is 8.99. The van der Waals surface area contributed by atoms with Gasteiger partial charge in [0, 0.05) is 25.7 Å². The summed E-state index contributed by atoms with van der Waals surface area (Å²) in [5.74, 6) is -0.312. The van der Waals surface area contributed by atoms with Crippen molar-refractivity contribution in [2.75, 3.05) is 26.2 Å². The molecule has 0 aromatic carbocycles. The molecule has 1 heterocycles. The molecule has 0 aromatic heterocycles. The van der Waals surface area contributed by atoms with Crippen molar-refractivity contribution in [3.8, 4) is 0 Å². The van der Waals surface area contributed by atoms with Gasteiger partial charge in [-0.1, -0.05) is 13.3 Å². The zero-order chi connectivity index (χ0) is 18.9. The van der Waals surface area contributed by atoms with Crippen LogP contribution in [0.3, 0.4) is 0 Å². The summed E-state index contributed by atoms with van der Waals surface area (Å²) in [5.41, 5.74) is -0.513. The van der Waals surface area contributed by atoms with Crippen LogP contribution >= 0.6 is 0 Å². The highest BCUT2D eigenvalue weighted by molar-refractivity contribution is 5.95. The zero-order valence-corrected chi connectivity index (χ0v) is 15.8. The Morgan fingerprint density at radius 2 is 1.80 bits per heavy atom. The molecule has 0 spiro atoms. The third kappa shape index (κ3) is 9.91. The molecule has 4 amide bonds. The van der Waals surface area contributed by atoms with Crippen molar-refractivity contribution in [3.63, 3.8) is 0 Å². The lowest BCUT2D eigenvalue weighted by Crippen LogP contribution is -2.49. The minimum atomic E-state index is -0.513. The largest absolute Gasteiger partial charge is 0.444 e. The molecule has 25 heavy (non-hydrogen) atoms. The van der Waals surface area contributed by atoms with E-state index in [1.54, 1.807) is 0 Å². The Hall–Kier alpha value is -1.83. The smallest absolute Gasteiger partial charge is 0.407 e. The third-order valence-corrected chi connectivity index (χ3v) is 3.74. The van der Waals surface area contributed by atoms with E-state index < -0.39 is 17.7 Å². The van der Waals surface area contributed by atoms with E-state index in [4.69, 9.17) is 4.74 Å². The first kappa shape index (κ1) is 21.2. The second kappa shape index (κ2) is 10.2. The van der Waals surface area contributed by atoms with Gasteiger partial charge in [0.1, 0.15) is 5.60 Å². The molecule has 8 nitrogen and oxygen atoms in total. The lowest BCUT2D eigenvalue weighted by atomic mass is 10.1. The van der Waals surface area contributed by atoms with Crippen molar-refractivity contribution < 1.29 is 19.1 Å². The average Bonchev–Trinajstić information content (AvgIpc) is 2.47. The van der Waals surface area contributed by atoms with Gasteiger partial charge in [-0.05, 0) is 40.0 Å². The number of carbonyl (C=O) groups excluding carboxylic acids is 3. The number of hydrogen-bond acceptors (Lipinski definition) is 5. The quantitative estimate of drug-likeness (QED) is 0.628. The fourth-order valence-corrected chi connectivity index (χ4v) is 2.50. The summed E-state index contributed by atoms with van der Waals surface area (Å²) in [5, 5.41) is 7.84. The number of ether oxygens (including phenoxy) is 1. The maximum atomic E-state index is 11.9. The molecule has 3 N–H and O–H groups in total. The number of nitrogens with zero attached hydrogens (tertiary/aromatic N) is 1. The van der Waals surface area contributed by atoms with Crippen molar-refractivity contribution in [1.82, 2.24) is 20.9 Å². The van der Waals surface area contributed by atoms with Crippen LogP contribution in [0.1, 0.15) is 53.4 Å². The van der Waals surface area contributed by atoms with Gasteiger partial charge in [0.2, 0.25) is 5.91 Å². The molecule has 0 saturated carbocycles. The molecule has 0 aromatic rings. The number of unbranched alkanes of at least 4 members (excludes halogenated alkanes) is 1. The molecule has 1 saturated heterocycles. The summed E-state index contributed by atoms with van der Waals surface area (Å²) in [6.45, 7) is 9.63. The van der Waals surface area contributed by atoms with Gasteiger partial charge in [0.15, 0.2) is 0 Å².